The summed E-state index contributed by atoms with van der Waals surface area (Å²) < 4.78 is 5.89. The molecule has 0 saturated carbocycles. The molecule has 32 heavy (non-hydrogen) atoms. The standard InChI is InChI=1S/C25H32N4O3/c1-19(20-11-4-3-5-12-20)32-18-10-16-28-25(26-2)27-15-8-9-17-29-23(30)21-13-6-7-14-22(21)24(29)31/h3-7,11-14,19H,8-10,15-18H2,1-2H3,(H2,26,27,28). The van der Waals surface area contributed by atoms with E-state index in [4.69, 9.17) is 4.74 Å². The molecule has 0 spiro atoms. The summed E-state index contributed by atoms with van der Waals surface area (Å²) in [6.07, 6.45) is 2.51. The lowest BCUT2D eigenvalue weighted by atomic mass is 10.1. The quantitative estimate of drug-likeness (QED) is 0.244. The van der Waals surface area contributed by atoms with E-state index < -0.39 is 0 Å². The average molecular weight is 437 g/mol. The second-order valence-electron chi connectivity index (χ2n) is 7.72. The van der Waals surface area contributed by atoms with Crippen molar-refractivity contribution in [3.05, 3.63) is 71.3 Å². The number of aliphatic imine (C=N–C) groups is 1. The smallest absolute Gasteiger partial charge is 0.261 e. The van der Waals surface area contributed by atoms with Crippen molar-refractivity contribution in [3.63, 3.8) is 0 Å². The number of fused-ring (bicyclic) bond motifs is 1. The Bertz CT molecular complexity index is 895. The molecule has 2 N–H and O–H groups in total. The van der Waals surface area contributed by atoms with E-state index in [2.05, 4.69) is 34.7 Å². The molecule has 0 bridgehead atoms. The first-order chi connectivity index (χ1) is 15.6. The first-order valence-electron chi connectivity index (χ1n) is 11.2. The molecule has 0 aromatic heterocycles. The van der Waals surface area contributed by atoms with Gasteiger partial charge in [-0.2, -0.15) is 0 Å². The molecular weight excluding hydrogens is 404 g/mol. The predicted octanol–water partition coefficient (Wildman–Crippen LogP) is 3.40. The topological polar surface area (TPSA) is 83.0 Å². The monoisotopic (exact) mass is 436 g/mol. The highest BCUT2D eigenvalue weighted by atomic mass is 16.5. The fourth-order valence-corrected chi connectivity index (χ4v) is 3.62. The molecule has 0 aliphatic carbocycles. The van der Waals surface area contributed by atoms with E-state index in [9.17, 15) is 9.59 Å². The minimum Gasteiger partial charge on any atom is -0.374 e. The number of benzene rings is 2. The highest BCUT2D eigenvalue weighted by Gasteiger charge is 2.34. The molecule has 1 aliphatic heterocycles. The van der Waals surface area contributed by atoms with Gasteiger partial charge in [0, 0.05) is 33.3 Å². The second-order valence-corrected chi connectivity index (χ2v) is 7.72. The zero-order valence-electron chi connectivity index (χ0n) is 18.8. The number of unbranched alkanes of at least 4 members (excludes halogenated alkanes) is 1. The molecule has 1 heterocycles. The number of carbonyl (C=O) groups excluding carboxylic acids is 2. The summed E-state index contributed by atoms with van der Waals surface area (Å²) >= 11 is 0. The van der Waals surface area contributed by atoms with Gasteiger partial charge in [-0.05, 0) is 43.9 Å². The second kappa shape index (κ2) is 12.0. The van der Waals surface area contributed by atoms with Crippen LogP contribution in [0.5, 0.6) is 0 Å². The molecule has 2 aromatic carbocycles. The summed E-state index contributed by atoms with van der Waals surface area (Å²) in [6, 6.07) is 17.2. The number of ether oxygens (including phenoxy) is 1. The van der Waals surface area contributed by atoms with Gasteiger partial charge in [-0.1, -0.05) is 42.5 Å². The predicted molar refractivity (Wildman–Crippen MR) is 126 cm³/mol. The van der Waals surface area contributed by atoms with Crippen molar-refractivity contribution >= 4 is 17.8 Å². The van der Waals surface area contributed by atoms with Gasteiger partial charge in [-0.3, -0.25) is 19.5 Å². The van der Waals surface area contributed by atoms with Gasteiger partial charge in [0.1, 0.15) is 0 Å². The van der Waals surface area contributed by atoms with Crippen LogP contribution >= 0.6 is 0 Å². The lowest BCUT2D eigenvalue weighted by Crippen LogP contribution is -2.38. The number of guanidine groups is 1. The molecule has 2 aromatic rings. The molecule has 170 valence electrons. The summed E-state index contributed by atoms with van der Waals surface area (Å²) in [5.41, 5.74) is 2.18. The van der Waals surface area contributed by atoms with Crippen LogP contribution < -0.4 is 10.6 Å². The number of carbonyl (C=O) groups is 2. The Hall–Kier alpha value is -3.19. The summed E-state index contributed by atoms with van der Waals surface area (Å²) in [5, 5.41) is 6.55. The number of hydrogen-bond donors (Lipinski definition) is 2. The van der Waals surface area contributed by atoms with Crippen molar-refractivity contribution in [2.24, 2.45) is 4.99 Å². The normalized spacial score (nSPS) is 14.4. The number of amides is 2. The molecule has 0 radical (unpaired) electrons. The SMILES string of the molecule is CN=C(NCCCCN1C(=O)c2ccccc2C1=O)NCCCOC(C)c1ccccc1. The maximum atomic E-state index is 12.4. The Labute approximate surface area is 189 Å². The lowest BCUT2D eigenvalue weighted by molar-refractivity contribution is 0.0643. The average Bonchev–Trinajstić information content (AvgIpc) is 3.07. The number of hydrogen-bond acceptors (Lipinski definition) is 4. The highest BCUT2D eigenvalue weighted by molar-refractivity contribution is 6.21. The van der Waals surface area contributed by atoms with Gasteiger partial charge in [0.25, 0.3) is 11.8 Å². The molecule has 1 aliphatic rings. The van der Waals surface area contributed by atoms with Gasteiger partial charge >= 0.3 is 0 Å². The molecule has 0 saturated heterocycles. The van der Waals surface area contributed by atoms with Crippen molar-refractivity contribution < 1.29 is 14.3 Å². The molecule has 7 nitrogen and oxygen atoms in total. The fraction of sp³-hybridized carbons (Fsp3) is 0.400. The van der Waals surface area contributed by atoms with E-state index in [0.717, 1.165) is 31.8 Å². The van der Waals surface area contributed by atoms with Crippen molar-refractivity contribution in [1.29, 1.82) is 0 Å². The van der Waals surface area contributed by atoms with Crippen LogP contribution in [0.1, 0.15) is 58.6 Å². The van der Waals surface area contributed by atoms with Gasteiger partial charge in [0.05, 0.1) is 17.2 Å². The zero-order valence-corrected chi connectivity index (χ0v) is 18.8. The third-order valence-corrected chi connectivity index (χ3v) is 5.45. The van der Waals surface area contributed by atoms with E-state index in [1.807, 2.05) is 18.2 Å². The summed E-state index contributed by atoms with van der Waals surface area (Å²) in [7, 11) is 1.74. The van der Waals surface area contributed by atoms with Gasteiger partial charge in [0.2, 0.25) is 0 Å². The van der Waals surface area contributed by atoms with Crippen LogP contribution in [0.4, 0.5) is 0 Å². The van der Waals surface area contributed by atoms with E-state index in [0.29, 0.717) is 30.8 Å². The van der Waals surface area contributed by atoms with Crippen LogP contribution in [0.3, 0.4) is 0 Å². The van der Waals surface area contributed by atoms with Crippen LogP contribution in [0.25, 0.3) is 0 Å². The lowest BCUT2D eigenvalue weighted by Gasteiger charge is -2.15. The number of imide groups is 1. The maximum absolute atomic E-state index is 12.4. The summed E-state index contributed by atoms with van der Waals surface area (Å²) in [4.78, 5) is 30.3. The Kier molecular flexibility index (Phi) is 8.80. The highest BCUT2D eigenvalue weighted by Crippen LogP contribution is 2.22. The summed E-state index contributed by atoms with van der Waals surface area (Å²) in [6.45, 7) is 4.63. The fourth-order valence-electron chi connectivity index (χ4n) is 3.62. The Morgan fingerprint density at radius 2 is 1.50 bits per heavy atom. The Morgan fingerprint density at radius 1 is 0.906 bits per heavy atom. The van der Waals surface area contributed by atoms with Crippen molar-refractivity contribution in [1.82, 2.24) is 15.5 Å². The molecule has 1 atom stereocenters. The Balaban J connectivity index is 1.26. The van der Waals surface area contributed by atoms with Crippen LogP contribution in [0.15, 0.2) is 59.6 Å². The molecular formula is C25H32N4O3. The Morgan fingerprint density at radius 3 is 2.12 bits per heavy atom. The minimum absolute atomic E-state index is 0.0794. The van der Waals surface area contributed by atoms with Crippen LogP contribution in [0.2, 0.25) is 0 Å². The van der Waals surface area contributed by atoms with Gasteiger partial charge in [-0.25, -0.2) is 0 Å². The van der Waals surface area contributed by atoms with E-state index in [1.54, 1.807) is 31.3 Å². The third kappa shape index (κ3) is 6.17. The number of nitrogens with zero attached hydrogens (tertiary/aromatic N) is 2. The zero-order chi connectivity index (χ0) is 22.8. The number of rotatable bonds is 11. The minimum atomic E-state index is -0.195. The molecule has 7 heteroatoms. The van der Waals surface area contributed by atoms with E-state index in [-0.39, 0.29) is 17.9 Å². The third-order valence-electron chi connectivity index (χ3n) is 5.45. The van der Waals surface area contributed by atoms with Crippen molar-refractivity contribution in [2.45, 2.75) is 32.3 Å². The van der Waals surface area contributed by atoms with E-state index in [1.165, 1.54) is 10.5 Å². The summed E-state index contributed by atoms with van der Waals surface area (Å²) in [5.74, 6) is 0.349. The van der Waals surface area contributed by atoms with Crippen LogP contribution in [-0.4, -0.2) is 56.0 Å². The van der Waals surface area contributed by atoms with Gasteiger partial charge < -0.3 is 15.4 Å². The van der Waals surface area contributed by atoms with Gasteiger partial charge in [-0.15, -0.1) is 0 Å². The van der Waals surface area contributed by atoms with Crippen molar-refractivity contribution in [3.8, 4) is 0 Å². The van der Waals surface area contributed by atoms with Crippen LogP contribution in [0, 0.1) is 0 Å². The molecule has 2 amide bonds. The first kappa shape index (κ1) is 23.5. The molecule has 0 fully saturated rings. The maximum Gasteiger partial charge on any atom is 0.261 e. The van der Waals surface area contributed by atoms with Gasteiger partial charge in [0.15, 0.2) is 5.96 Å². The van der Waals surface area contributed by atoms with Crippen molar-refractivity contribution in [2.75, 3.05) is 33.3 Å². The first-order valence-corrected chi connectivity index (χ1v) is 11.2. The van der Waals surface area contributed by atoms with E-state index >= 15 is 0 Å². The number of nitrogens with one attached hydrogen (secondary N) is 2. The molecule has 3 rings (SSSR count). The molecule has 1 unspecified atom stereocenters. The largest absolute Gasteiger partial charge is 0.374 e. The van der Waals surface area contributed by atoms with Crippen LogP contribution in [-0.2, 0) is 4.74 Å².